The number of nitrogens with zero attached hydrogens (tertiary/aromatic N) is 6. The summed E-state index contributed by atoms with van der Waals surface area (Å²) in [5.41, 5.74) is 6.11. The van der Waals surface area contributed by atoms with Gasteiger partial charge in [0, 0.05) is 23.5 Å². The van der Waals surface area contributed by atoms with Gasteiger partial charge >= 0.3 is 12.6 Å². The minimum absolute atomic E-state index is 0.139. The monoisotopic (exact) mass is 682 g/mol. The molecule has 2 aliphatic rings. The first-order valence-corrected chi connectivity index (χ1v) is 15.4. The van der Waals surface area contributed by atoms with Gasteiger partial charge in [-0.05, 0) is 48.4 Å². The van der Waals surface area contributed by atoms with Gasteiger partial charge in [0.05, 0.1) is 22.6 Å². The predicted molar refractivity (Wildman–Crippen MR) is 177 cm³/mol. The zero-order chi connectivity index (χ0) is 35.0. The predicted octanol–water partition coefficient (Wildman–Crippen LogP) is 5.26. The van der Waals surface area contributed by atoms with Crippen molar-refractivity contribution in [2.45, 2.75) is 64.2 Å². The SMILES string of the molecule is CC(C)(C)/C=C/[C@]1(c2ccc(-c3cnn(C(F)F)c3)cc2)N=C(N)N([C@H](COC(=O)NC2(C)CC2)c2cc(N(N)C=N)c(Cl)cn2)C1=O. The zero-order valence-electron chi connectivity index (χ0n) is 26.8. The fraction of sp³-hybridized carbons (Fsp3) is 0.375. The number of benzene rings is 1. The van der Waals surface area contributed by atoms with Crippen LogP contribution in [0.2, 0.25) is 5.02 Å². The van der Waals surface area contributed by atoms with Gasteiger partial charge in [-0.1, -0.05) is 62.7 Å². The minimum atomic E-state index is -2.78. The third-order valence-corrected chi connectivity index (χ3v) is 8.36. The molecule has 1 saturated carbocycles. The third-order valence-electron chi connectivity index (χ3n) is 8.07. The van der Waals surface area contributed by atoms with Crippen molar-refractivity contribution in [2.75, 3.05) is 11.6 Å². The molecule has 13 nitrogen and oxygen atoms in total. The lowest BCUT2D eigenvalue weighted by molar-refractivity contribution is -0.132. The molecule has 1 fully saturated rings. The molecule has 2 atom stereocenters. The number of hydrogen-bond donors (Lipinski definition) is 4. The lowest BCUT2D eigenvalue weighted by atomic mass is 9.85. The number of anilines is 1. The van der Waals surface area contributed by atoms with E-state index in [1.165, 1.54) is 29.6 Å². The molecule has 48 heavy (non-hydrogen) atoms. The number of ether oxygens (including phenoxy) is 1. The Morgan fingerprint density at radius 2 is 1.92 bits per heavy atom. The van der Waals surface area contributed by atoms with Crippen LogP contribution in [0.15, 0.2) is 66.1 Å². The van der Waals surface area contributed by atoms with E-state index in [-0.39, 0.29) is 39.9 Å². The van der Waals surface area contributed by atoms with Crippen molar-refractivity contribution in [3.05, 3.63) is 77.4 Å². The third kappa shape index (κ3) is 7.16. The van der Waals surface area contributed by atoms with E-state index >= 15 is 0 Å². The van der Waals surface area contributed by atoms with E-state index in [2.05, 4.69) is 15.4 Å². The van der Waals surface area contributed by atoms with Gasteiger partial charge < -0.3 is 15.8 Å². The Kier molecular flexibility index (Phi) is 9.30. The van der Waals surface area contributed by atoms with Gasteiger partial charge in [-0.25, -0.2) is 20.3 Å². The fourth-order valence-electron chi connectivity index (χ4n) is 5.08. The van der Waals surface area contributed by atoms with Crippen LogP contribution in [0.5, 0.6) is 0 Å². The summed E-state index contributed by atoms with van der Waals surface area (Å²) < 4.78 is 32.4. The highest BCUT2D eigenvalue weighted by Gasteiger charge is 2.51. The Morgan fingerprint density at radius 1 is 1.23 bits per heavy atom. The van der Waals surface area contributed by atoms with Crippen LogP contribution in [0, 0.1) is 10.8 Å². The Balaban J connectivity index is 1.56. The molecule has 1 aromatic carbocycles. The number of rotatable bonds is 11. The molecule has 16 heteroatoms. The van der Waals surface area contributed by atoms with Gasteiger partial charge in [0.2, 0.25) is 5.96 Å². The number of halogens is 3. The maximum absolute atomic E-state index is 14.7. The largest absolute Gasteiger partial charge is 0.447 e. The van der Waals surface area contributed by atoms with Crippen molar-refractivity contribution in [3.8, 4) is 11.1 Å². The summed E-state index contributed by atoms with van der Waals surface area (Å²) in [4.78, 5) is 37.8. The second-order valence-corrected chi connectivity index (χ2v) is 13.5. The summed E-state index contributed by atoms with van der Waals surface area (Å²) in [6.45, 7) is 4.63. The van der Waals surface area contributed by atoms with Crippen LogP contribution >= 0.6 is 11.6 Å². The number of pyridine rings is 1. The maximum atomic E-state index is 14.7. The smallest absolute Gasteiger partial charge is 0.407 e. The van der Waals surface area contributed by atoms with Crippen molar-refractivity contribution in [1.29, 1.82) is 5.41 Å². The highest BCUT2D eigenvalue weighted by Crippen LogP contribution is 2.41. The number of aromatic nitrogens is 3. The number of alkyl halides is 2. The topological polar surface area (TPSA) is 181 Å². The summed E-state index contributed by atoms with van der Waals surface area (Å²) in [5, 5.41) is 15.2. The number of hydrazine groups is 1. The molecule has 1 aliphatic heterocycles. The quantitative estimate of drug-likeness (QED) is 0.0695. The van der Waals surface area contributed by atoms with E-state index in [0.29, 0.717) is 21.4 Å². The maximum Gasteiger partial charge on any atom is 0.407 e. The number of guanidine groups is 1. The van der Waals surface area contributed by atoms with Gasteiger partial charge in [-0.15, -0.1) is 0 Å². The molecule has 0 saturated heterocycles. The highest BCUT2D eigenvalue weighted by molar-refractivity contribution is 6.33. The molecule has 0 bridgehead atoms. The molecule has 6 N–H and O–H groups in total. The molecule has 2 aromatic heterocycles. The summed E-state index contributed by atoms with van der Waals surface area (Å²) in [7, 11) is 0. The number of amides is 2. The normalized spacial score (nSPS) is 19.4. The van der Waals surface area contributed by atoms with Gasteiger partial charge in [-0.3, -0.25) is 25.1 Å². The number of carbonyl (C=O) groups excluding carboxylic acids is 2. The fourth-order valence-corrected chi connectivity index (χ4v) is 5.28. The molecule has 254 valence electrons. The number of nitrogens with two attached hydrogens (primary N) is 2. The van der Waals surface area contributed by atoms with Crippen LogP contribution in [0.25, 0.3) is 11.1 Å². The molecule has 0 unspecified atom stereocenters. The summed E-state index contributed by atoms with van der Waals surface area (Å²) in [5.74, 6) is 5.22. The van der Waals surface area contributed by atoms with Crippen LogP contribution in [0.4, 0.5) is 19.3 Å². The van der Waals surface area contributed by atoms with Crippen molar-refractivity contribution in [1.82, 2.24) is 25.0 Å². The van der Waals surface area contributed by atoms with E-state index in [0.717, 1.165) is 24.2 Å². The first kappa shape index (κ1) is 34.4. The second kappa shape index (κ2) is 13.0. The van der Waals surface area contributed by atoms with Crippen LogP contribution in [-0.2, 0) is 15.1 Å². The number of alkyl carbamates (subject to hydrolysis) is 1. The number of aliphatic imine (C=N–C) groups is 1. The molecular formula is C32H37ClF2N10O3. The van der Waals surface area contributed by atoms with Gasteiger partial charge in [0.1, 0.15) is 19.0 Å². The number of hydrogen-bond acceptors (Lipinski definition) is 9. The van der Waals surface area contributed by atoms with E-state index < -0.39 is 30.1 Å². The summed E-state index contributed by atoms with van der Waals surface area (Å²) in [6.07, 6.45) is 9.16. The number of allylic oxidation sites excluding steroid dienone is 1. The Morgan fingerprint density at radius 3 is 2.50 bits per heavy atom. The van der Waals surface area contributed by atoms with Crippen molar-refractivity contribution in [3.63, 3.8) is 0 Å². The standard InChI is InChI=1S/C32H37ClF2N10O3/c1-30(2,3)9-12-32(21-7-5-19(6-8-21)20-14-40-44(16-20)27(34)35)26(46)45(28(37)41-32)25(17-48-29(47)42-31(4)10-11-31)23-13-24(43(38)18-36)22(33)15-39-23/h5-9,12-16,18,25,27,36H,10-11,17,38H2,1-4H3,(H2,37,41)(H,42,47)/b12-9+,36-18?/t25-,32-/m1/s1. The molecule has 2 amide bonds. The molecule has 5 rings (SSSR count). The van der Waals surface area contributed by atoms with E-state index in [1.807, 2.05) is 33.8 Å². The van der Waals surface area contributed by atoms with Crippen LogP contribution < -0.4 is 21.9 Å². The summed E-state index contributed by atoms with van der Waals surface area (Å²) in [6, 6.07) is 7.09. The van der Waals surface area contributed by atoms with Crippen molar-refractivity contribution in [2.24, 2.45) is 22.0 Å². The van der Waals surface area contributed by atoms with Gasteiger partial charge in [0.25, 0.3) is 5.91 Å². The Bertz CT molecular complexity index is 1770. The van der Waals surface area contributed by atoms with E-state index in [4.69, 9.17) is 38.3 Å². The second-order valence-electron chi connectivity index (χ2n) is 13.1. The first-order chi connectivity index (χ1) is 22.6. The average molecular weight is 683 g/mol. The van der Waals surface area contributed by atoms with Crippen molar-refractivity contribution >= 4 is 41.6 Å². The number of nitrogens with one attached hydrogen (secondary N) is 2. The zero-order valence-corrected chi connectivity index (χ0v) is 27.6. The molecule has 0 spiro atoms. The van der Waals surface area contributed by atoms with Gasteiger partial charge in [-0.2, -0.15) is 13.9 Å². The van der Waals surface area contributed by atoms with E-state index in [1.54, 1.807) is 30.3 Å². The van der Waals surface area contributed by atoms with Crippen LogP contribution in [0.1, 0.15) is 64.4 Å². The number of carbonyl (C=O) groups is 2. The summed E-state index contributed by atoms with van der Waals surface area (Å²) >= 11 is 6.32. The molecular weight excluding hydrogens is 646 g/mol. The molecule has 3 heterocycles. The highest BCUT2D eigenvalue weighted by atomic mass is 35.5. The Labute approximate surface area is 281 Å². The lowest BCUT2D eigenvalue weighted by Crippen LogP contribution is -2.47. The van der Waals surface area contributed by atoms with Crippen molar-refractivity contribution < 1.29 is 23.1 Å². The molecule has 3 aromatic rings. The van der Waals surface area contributed by atoms with E-state index in [9.17, 15) is 18.4 Å². The van der Waals surface area contributed by atoms with Crippen LogP contribution in [0.3, 0.4) is 0 Å². The van der Waals surface area contributed by atoms with Gasteiger partial charge in [0.15, 0.2) is 5.54 Å². The molecule has 1 aliphatic carbocycles. The Hall–Kier alpha value is -4.89. The average Bonchev–Trinajstić information content (AvgIpc) is 3.43. The lowest BCUT2D eigenvalue weighted by Gasteiger charge is -2.30. The van der Waals surface area contributed by atoms with Crippen LogP contribution in [-0.4, -0.2) is 56.1 Å². The minimum Gasteiger partial charge on any atom is -0.447 e. The first-order valence-electron chi connectivity index (χ1n) is 15.0. The molecule has 0 radical (unpaired) electrons.